The summed E-state index contributed by atoms with van der Waals surface area (Å²) < 4.78 is 11.4. The zero-order valence-electron chi connectivity index (χ0n) is 15.0. The van der Waals surface area contributed by atoms with E-state index in [1.54, 1.807) is 0 Å². The highest BCUT2D eigenvalue weighted by Gasteiger charge is 2.38. The van der Waals surface area contributed by atoms with E-state index in [1.807, 2.05) is 0 Å². The molecule has 4 rings (SSSR count). The molecule has 6 nitrogen and oxygen atoms in total. The second kappa shape index (κ2) is 7.44. The molecule has 6 heteroatoms. The second-order valence-corrected chi connectivity index (χ2v) is 8.02. The normalized spacial score (nSPS) is 25.8. The van der Waals surface area contributed by atoms with Gasteiger partial charge in [-0.15, -0.1) is 0 Å². The number of aryl methyl sites for hydroxylation is 1. The number of hydrogen-bond donors (Lipinski definition) is 1. The van der Waals surface area contributed by atoms with Gasteiger partial charge in [0, 0.05) is 31.4 Å². The SMILES string of the molecule is O=C(CCCc1nc(C2CC2)no1)N[C@H]1CCOC2(CCCCC2)C1. The second-order valence-electron chi connectivity index (χ2n) is 8.02. The minimum atomic E-state index is 0.0391. The number of amides is 1. The molecular formula is C19H29N3O3. The van der Waals surface area contributed by atoms with Crippen LogP contribution in [-0.2, 0) is 16.0 Å². The van der Waals surface area contributed by atoms with Crippen LogP contribution in [0.1, 0.15) is 88.3 Å². The summed E-state index contributed by atoms with van der Waals surface area (Å²) >= 11 is 0. The van der Waals surface area contributed by atoms with Crippen LogP contribution in [-0.4, -0.2) is 34.3 Å². The molecule has 3 aliphatic rings. The van der Waals surface area contributed by atoms with Crippen molar-refractivity contribution in [2.45, 2.75) is 94.6 Å². The van der Waals surface area contributed by atoms with Crippen molar-refractivity contribution in [3.63, 3.8) is 0 Å². The van der Waals surface area contributed by atoms with Gasteiger partial charge in [0.15, 0.2) is 5.82 Å². The lowest BCUT2D eigenvalue weighted by Gasteiger charge is -2.43. The standard InChI is InChI=1S/C19H29N3O3/c23-16(5-4-6-17-21-18(22-25-17)14-7-8-14)20-15-9-12-24-19(13-15)10-2-1-3-11-19/h14-15H,1-13H2,(H,20,23)/t15-/m0/s1. The molecule has 2 aliphatic carbocycles. The molecule has 1 spiro atoms. The summed E-state index contributed by atoms with van der Waals surface area (Å²) in [6.45, 7) is 0.775. The van der Waals surface area contributed by atoms with E-state index >= 15 is 0 Å². The number of nitrogens with one attached hydrogen (secondary N) is 1. The first-order valence-electron chi connectivity index (χ1n) is 9.98. The van der Waals surface area contributed by atoms with Crippen molar-refractivity contribution < 1.29 is 14.1 Å². The average molecular weight is 347 g/mol. The van der Waals surface area contributed by atoms with E-state index in [-0.39, 0.29) is 17.6 Å². The molecule has 0 aromatic carbocycles. The van der Waals surface area contributed by atoms with Crippen molar-refractivity contribution in [2.24, 2.45) is 0 Å². The van der Waals surface area contributed by atoms with Gasteiger partial charge in [0.2, 0.25) is 11.8 Å². The predicted octanol–water partition coefficient (Wildman–Crippen LogP) is 3.27. The third kappa shape index (κ3) is 4.40. The van der Waals surface area contributed by atoms with Crippen LogP contribution in [0.3, 0.4) is 0 Å². The van der Waals surface area contributed by atoms with E-state index in [2.05, 4.69) is 15.5 Å². The highest BCUT2D eigenvalue weighted by molar-refractivity contribution is 5.76. The van der Waals surface area contributed by atoms with E-state index in [1.165, 1.54) is 32.1 Å². The molecule has 0 unspecified atom stereocenters. The number of carbonyl (C=O) groups is 1. The molecule has 1 amide bonds. The summed E-state index contributed by atoms with van der Waals surface area (Å²) in [5.41, 5.74) is 0.0391. The summed E-state index contributed by atoms with van der Waals surface area (Å²) in [6.07, 6.45) is 12.4. The zero-order valence-corrected chi connectivity index (χ0v) is 15.0. The molecular weight excluding hydrogens is 318 g/mol. The van der Waals surface area contributed by atoms with Gasteiger partial charge in [0.05, 0.1) is 5.60 Å². The maximum atomic E-state index is 12.3. The van der Waals surface area contributed by atoms with Crippen LogP contribution in [0.4, 0.5) is 0 Å². The average Bonchev–Trinajstić information content (AvgIpc) is 3.35. The van der Waals surface area contributed by atoms with Crippen molar-refractivity contribution >= 4 is 5.91 Å². The minimum absolute atomic E-state index is 0.0391. The van der Waals surface area contributed by atoms with Crippen LogP contribution in [0.25, 0.3) is 0 Å². The molecule has 1 aromatic rings. The van der Waals surface area contributed by atoms with Gasteiger partial charge in [0.25, 0.3) is 0 Å². The van der Waals surface area contributed by atoms with Gasteiger partial charge in [0.1, 0.15) is 0 Å². The Labute approximate surface area is 149 Å². The third-order valence-corrected chi connectivity index (χ3v) is 5.84. The van der Waals surface area contributed by atoms with Crippen LogP contribution in [0.2, 0.25) is 0 Å². The van der Waals surface area contributed by atoms with Gasteiger partial charge in [-0.1, -0.05) is 24.4 Å². The maximum absolute atomic E-state index is 12.3. The molecule has 1 atom stereocenters. The molecule has 2 saturated carbocycles. The summed E-state index contributed by atoms with van der Waals surface area (Å²) in [7, 11) is 0. The van der Waals surface area contributed by atoms with Gasteiger partial charge < -0.3 is 14.6 Å². The smallest absolute Gasteiger partial charge is 0.226 e. The predicted molar refractivity (Wildman–Crippen MR) is 92.1 cm³/mol. The molecule has 0 radical (unpaired) electrons. The number of carbonyl (C=O) groups excluding carboxylic acids is 1. The van der Waals surface area contributed by atoms with Crippen molar-refractivity contribution in [3.05, 3.63) is 11.7 Å². The van der Waals surface area contributed by atoms with Crippen molar-refractivity contribution in [2.75, 3.05) is 6.61 Å². The summed E-state index contributed by atoms with van der Waals surface area (Å²) in [5.74, 6) is 2.17. The Morgan fingerprint density at radius 3 is 2.84 bits per heavy atom. The Hall–Kier alpha value is -1.43. The Balaban J connectivity index is 1.19. The lowest BCUT2D eigenvalue weighted by Crippen LogP contribution is -2.49. The fourth-order valence-electron chi connectivity index (χ4n) is 4.27. The summed E-state index contributed by atoms with van der Waals surface area (Å²) in [5, 5.41) is 7.24. The van der Waals surface area contributed by atoms with Crippen molar-refractivity contribution in [3.8, 4) is 0 Å². The summed E-state index contributed by atoms with van der Waals surface area (Å²) in [6, 6.07) is 0.268. The van der Waals surface area contributed by atoms with Gasteiger partial charge in [-0.05, 0) is 44.9 Å². The van der Waals surface area contributed by atoms with Crippen LogP contribution in [0.15, 0.2) is 4.52 Å². The highest BCUT2D eigenvalue weighted by atomic mass is 16.5. The minimum Gasteiger partial charge on any atom is -0.375 e. The fraction of sp³-hybridized carbons (Fsp3) is 0.842. The Morgan fingerprint density at radius 1 is 1.20 bits per heavy atom. The number of aromatic nitrogens is 2. The van der Waals surface area contributed by atoms with E-state index in [9.17, 15) is 4.79 Å². The van der Waals surface area contributed by atoms with E-state index in [0.717, 1.165) is 44.5 Å². The lowest BCUT2D eigenvalue weighted by molar-refractivity contribution is -0.128. The van der Waals surface area contributed by atoms with Crippen LogP contribution < -0.4 is 5.32 Å². The van der Waals surface area contributed by atoms with Gasteiger partial charge in [-0.2, -0.15) is 4.98 Å². The van der Waals surface area contributed by atoms with Crippen LogP contribution >= 0.6 is 0 Å². The molecule has 1 saturated heterocycles. The number of nitrogens with zero attached hydrogens (tertiary/aromatic N) is 2. The fourth-order valence-corrected chi connectivity index (χ4v) is 4.27. The first-order chi connectivity index (χ1) is 12.2. The number of ether oxygens (including phenoxy) is 1. The molecule has 1 aromatic heterocycles. The monoisotopic (exact) mass is 347 g/mol. The first-order valence-corrected chi connectivity index (χ1v) is 9.98. The molecule has 3 fully saturated rings. The van der Waals surface area contributed by atoms with Crippen molar-refractivity contribution in [1.82, 2.24) is 15.5 Å². The number of rotatable bonds is 6. The van der Waals surface area contributed by atoms with Gasteiger partial charge >= 0.3 is 0 Å². The third-order valence-electron chi connectivity index (χ3n) is 5.84. The van der Waals surface area contributed by atoms with Gasteiger partial charge in [-0.3, -0.25) is 4.79 Å². The molecule has 1 N–H and O–H groups in total. The zero-order chi connectivity index (χ0) is 17.1. The molecule has 2 heterocycles. The Morgan fingerprint density at radius 2 is 2.04 bits per heavy atom. The topological polar surface area (TPSA) is 77.2 Å². The molecule has 1 aliphatic heterocycles. The molecule has 25 heavy (non-hydrogen) atoms. The van der Waals surface area contributed by atoms with E-state index in [0.29, 0.717) is 24.7 Å². The lowest BCUT2D eigenvalue weighted by atomic mass is 9.78. The quantitative estimate of drug-likeness (QED) is 0.854. The Bertz CT molecular complexity index is 585. The Kier molecular flexibility index (Phi) is 5.06. The van der Waals surface area contributed by atoms with Gasteiger partial charge in [-0.25, -0.2) is 0 Å². The molecule has 0 bridgehead atoms. The largest absolute Gasteiger partial charge is 0.375 e. The summed E-state index contributed by atoms with van der Waals surface area (Å²) in [4.78, 5) is 16.7. The highest BCUT2D eigenvalue weighted by Crippen LogP contribution is 2.39. The number of hydrogen-bond acceptors (Lipinski definition) is 5. The van der Waals surface area contributed by atoms with Crippen molar-refractivity contribution in [1.29, 1.82) is 0 Å². The van der Waals surface area contributed by atoms with Crippen LogP contribution in [0.5, 0.6) is 0 Å². The molecule has 138 valence electrons. The maximum Gasteiger partial charge on any atom is 0.226 e. The first kappa shape index (κ1) is 17.0. The van der Waals surface area contributed by atoms with Crippen LogP contribution in [0, 0.1) is 0 Å². The van der Waals surface area contributed by atoms with E-state index < -0.39 is 0 Å². The van der Waals surface area contributed by atoms with E-state index in [4.69, 9.17) is 9.26 Å².